The normalized spacial score (nSPS) is 12.2. The maximum absolute atomic E-state index is 12.9. The van der Waals surface area contributed by atoms with E-state index in [4.69, 9.17) is 16.3 Å². The van der Waals surface area contributed by atoms with Crippen molar-refractivity contribution in [1.29, 1.82) is 0 Å². The first kappa shape index (κ1) is 23.0. The highest BCUT2D eigenvalue weighted by Crippen LogP contribution is 2.28. The van der Waals surface area contributed by atoms with E-state index in [2.05, 4.69) is 20.1 Å². The molecular weight excluding hydrogens is 442 g/mol. The summed E-state index contributed by atoms with van der Waals surface area (Å²) >= 11 is 6.04. The maximum atomic E-state index is 12.9. The molecule has 0 amide bonds. The number of carbonyl (C=O) groups is 1. The molecule has 0 aliphatic heterocycles. The number of carbonyl (C=O) groups excluding carboxylic acids is 1. The molecule has 0 saturated carbocycles. The van der Waals surface area contributed by atoms with Gasteiger partial charge < -0.3 is 10.1 Å². The molecule has 0 spiro atoms. The molecule has 3 rings (SSSR count). The second kappa shape index (κ2) is 8.45. The highest BCUT2D eigenvalue weighted by molar-refractivity contribution is 7.89. The van der Waals surface area contributed by atoms with Gasteiger partial charge in [-0.05, 0) is 58.4 Å². The molecule has 2 heterocycles. The summed E-state index contributed by atoms with van der Waals surface area (Å²) < 4.78 is 34.7. The summed E-state index contributed by atoms with van der Waals surface area (Å²) in [5.41, 5.74) is 0.967. The Hall–Kier alpha value is -2.69. The van der Waals surface area contributed by atoms with E-state index in [0.29, 0.717) is 10.7 Å². The minimum Gasteiger partial charge on any atom is -0.462 e. The Bertz CT molecular complexity index is 1250. The number of hydrogen-bond acceptors (Lipinski definition) is 7. The fourth-order valence-corrected chi connectivity index (χ4v) is 4.64. The molecule has 0 atom stereocenters. The summed E-state index contributed by atoms with van der Waals surface area (Å²) in [5, 5.41) is 7.91. The minimum atomic E-state index is -3.91. The topological polar surface area (TPSA) is 115 Å². The van der Waals surface area contributed by atoms with Gasteiger partial charge in [-0.3, -0.25) is 0 Å². The van der Waals surface area contributed by atoms with E-state index in [0.717, 1.165) is 5.56 Å². The highest BCUT2D eigenvalue weighted by Gasteiger charge is 2.28. The minimum absolute atomic E-state index is 0.0684. The number of ether oxygens (including phenoxy) is 1. The van der Waals surface area contributed by atoms with Crippen LogP contribution in [0.2, 0.25) is 5.02 Å². The molecule has 2 aromatic heterocycles. The van der Waals surface area contributed by atoms with Crippen LogP contribution in [-0.4, -0.2) is 41.1 Å². The van der Waals surface area contributed by atoms with E-state index < -0.39 is 21.5 Å². The average molecular weight is 466 g/mol. The number of nitrogens with zero attached hydrogens (tertiary/aromatic N) is 3. The lowest BCUT2D eigenvalue weighted by atomic mass is 10.1. The second-order valence-corrected chi connectivity index (χ2v) is 10.0. The molecule has 0 bridgehead atoms. The molecule has 0 fully saturated rings. The summed E-state index contributed by atoms with van der Waals surface area (Å²) in [7, 11) is -3.91. The number of hydrogen-bond donors (Lipinski definition) is 2. The average Bonchev–Trinajstić information content (AvgIpc) is 3.07. The predicted octanol–water partition coefficient (Wildman–Crippen LogP) is 3.69. The highest BCUT2D eigenvalue weighted by atomic mass is 35.5. The van der Waals surface area contributed by atoms with Gasteiger partial charge in [0.2, 0.25) is 10.0 Å². The largest absolute Gasteiger partial charge is 0.462 e. The standard InChI is InChI=1S/C20H24ClN5O4S/c1-6-30-19(27)14-10-22-18-16(31(28,29)25-20(3,4)5)11-23-26(18)17(14)24-15-8-7-13(21)9-12(15)2/h7-11,24-25H,6H2,1-5H3. The number of sulfonamides is 1. The third-order valence-corrected chi connectivity index (χ3v) is 6.14. The van der Waals surface area contributed by atoms with Gasteiger partial charge in [0.15, 0.2) is 11.5 Å². The van der Waals surface area contributed by atoms with Crippen molar-refractivity contribution >= 4 is 44.7 Å². The van der Waals surface area contributed by atoms with Crippen LogP contribution in [-0.2, 0) is 14.8 Å². The molecule has 0 aliphatic rings. The van der Waals surface area contributed by atoms with E-state index >= 15 is 0 Å². The first-order chi connectivity index (χ1) is 14.4. The zero-order valence-corrected chi connectivity index (χ0v) is 19.4. The van der Waals surface area contributed by atoms with Crippen molar-refractivity contribution in [2.75, 3.05) is 11.9 Å². The first-order valence-electron chi connectivity index (χ1n) is 9.54. The number of aryl methyl sites for hydroxylation is 1. The Kier molecular flexibility index (Phi) is 6.26. The van der Waals surface area contributed by atoms with Gasteiger partial charge >= 0.3 is 5.97 Å². The predicted molar refractivity (Wildman–Crippen MR) is 118 cm³/mol. The monoisotopic (exact) mass is 465 g/mol. The van der Waals surface area contributed by atoms with Crippen molar-refractivity contribution in [3.05, 3.63) is 46.7 Å². The van der Waals surface area contributed by atoms with Crippen molar-refractivity contribution in [2.45, 2.75) is 45.1 Å². The van der Waals surface area contributed by atoms with Crippen molar-refractivity contribution in [3.63, 3.8) is 0 Å². The number of nitrogens with one attached hydrogen (secondary N) is 2. The van der Waals surface area contributed by atoms with E-state index in [1.54, 1.807) is 45.9 Å². The first-order valence-corrected chi connectivity index (χ1v) is 11.4. The number of esters is 1. The van der Waals surface area contributed by atoms with Crippen LogP contribution in [0.15, 0.2) is 35.5 Å². The van der Waals surface area contributed by atoms with Gasteiger partial charge in [-0.15, -0.1) is 0 Å². The van der Waals surface area contributed by atoms with Gasteiger partial charge in [0.05, 0.1) is 12.8 Å². The number of anilines is 2. The van der Waals surface area contributed by atoms with Crippen LogP contribution in [0.5, 0.6) is 0 Å². The van der Waals surface area contributed by atoms with E-state index in [9.17, 15) is 13.2 Å². The third-order valence-electron chi connectivity index (χ3n) is 4.16. The lowest BCUT2D eigenvalue weighted by Crippen LogP contribution is -2.40. The van der Waals surface area contributed by atoms with E-state index in [1.807, 2.05) is 6.92 Å². The molecule has 0 aliphatic carbocycles. The van der Waals surface area contributed by atoms with Crippen LogP contribution in [0.3, 0.4) is 0 Å². The Morgan fingerprint density at radius 2 is 1.97 bits per heavy atom. The Labute approximate surface area is 185 Å². The van der Waals surface area contributed by atoms with Gasteiger partial charge in [0.1, 0.15) is 10.5 Å². The van der Waals surface area contributed by atoms with Gasteiger partial charge in [-0.1, -0.05) is 11.6 Å². The van der Waals surface area contributed by atoms with Gasteiger partial charge in [0, 0.05) is 22.4 Å². The SMILES string of the molecule is CCOC(=O)c1cnc2c(S(=O)(=O)NC(C)(C)C)cnn2c1Nc1ccc(Cl)cc1C. The number of halogens is 1. The second-order valence-electron chi connectivity index (χ2n) is 7.92. The van der Waals surface area contributed by atoms with Crippen molar-refractivity contribution in [2.24, 2.45) is 0 Å². The molecule has 1 aromatic carbocycles. The molecule has 31 heavy (non-hydrogen) atoms. The van der Waals surface area contributed by atoms with Crippen molar-refractivity contribution < 1.29 is 17.9 Å². The quantitative estimate of drug-likeness (QED) is 0.533. The van der Waals surface area contributed by atoms with E-state index in [1.165, 1.54) is 16.9 Å². The van der Waals surface area contributed by atoms with Gasteiger partial charge in [0.25, 0.3) is 0 Å². The molecule has 2 N–H and O–H groups in total. The number of aromatic nitrogens is 3. The molecular formula is C20H24ClN5O4S. The van der Waals surface area contributed by atoms with Gasteiger partial charge in [-0.2, -0.15) is 9.61 Å². The fourth-order valence-electron chi connectivity index (χ4n) is 2.93. The molecule has 9 nitrogen and oxygen atoms in total. The number of fused-ring (bicyclic) bond motifs is 1. The Morgan fingerprint density at radius 3 is 2.58 bits per heavy atom. The molecule has 166 valence electrons. The van der Waals surface area contributed by atoms with Crippen LogP contribution in [0.1, 0.15) is 43.6 Å². The maximum Gasteiger partial charge on any atom is 0.343 e. The third kappa shape index (κ3) is 4.97. The number of benzene rings is 1. The summed E-state index contributed by atoms with van der Waals surface area (Å²) in [5.74, 6) is -0.384. The fraction of sp³-hybridized carbons (Fsp3) is 0.350. The molecule has 0 saturated heterocycles. The summed E-state index contributed by atoms with van der Waals surface area (Å²) in [6, 6.07) is 5.21. The summed E-state index contributed by atoms with van der Waals surface area (Å²) in [6.07, 6.45) is 2.48. The lowest BCUT2D eigenvalue weighted by molar-refractivity contribution is 0.0526. The number of rotatable bonds is 6. The zero-order chi connectivity index (χ0) is 23.0. The van der Waals surface area contributed by atoms with Crippen LogP contribution >= 0.6 is 11.6 Å². The van der Waals surface area contributed by atoms with Crippen molar-refractivity contribution in [3.8, 4) is 0 Å². The van der Waals surface area contributed by atoms with Crippen LogP contribution < -0.4 is 10.0 Å². The smallest absolute Gasteiger partial charge is 0.343 e. The van der Waals surface area contributed by atoms with Crippen molar-refractivity contribution in [1.82, 2.24) is 19.3 Å². The Morgan fingerprint density at radius 1 is 1.26 bits per heavy atom. The lowest BCUT2D eigenvalue weighted by Gasteiger charge is -2.19. The van der Waals surface area contributed by atoms with Crippen LogP contribution in [0.4, 0.5) is 11.5 Å². The molecule has 3 aromatic rings. The van der Waals surface area contributed by atoms with E-state index in [-0.39, 0.29) is 28.5 Å². The summed E-state index contributed by atoms with van der Waals surface area (Å²) in [6.45, 7) is 8.92. The zero-order valence-electron chi connectivity index (χ0n) is 17.9. The molecule has 0 radical (unpaired) electrons. The molecule has 11 heteroatoms. The summed E-state index contributed by atoms with van der Waals surface area (Å²) in [4.78, 5) is 16.6. The Balaban J connectivity index is 2.20. The van der Waals surface area contributed by atoms with Gasteiger partial charge in [-0.25, -0.2) is 22.9 Å². The van der Waals surface area contributed by atoms with Crippen LogP contribution in [0.25, 0.3) is 5.65 Å². The van der Waals surface area contributed by atoms with Crippen LogP contribution in [0, 0.1) is 6.92 Å². The molecule has 0 unspecified atom stereocenters.